The van der Waals surface area contributed by atoms with Crippen LogP contribution in [-0.4, -0.2) is 49.0 Å². The van der Waals surface area contributed by atoms with Gasteiger partial charge in [-0.05, 0) is 55.6 Å². The van der Waals surface area contributed by atoms with Gasteiger partial charge in [-0.25, -0.2) is 8.78 Å². The van der Waals surface area contributed by atoms with Gasteiger partial charge in [0, 0.05) is 54.9 Å². The fraction of sp³-hybridized carbons (Fsp3) is 0.531. The summed E-state index contributed by atoms with van der Waals surface area (Å²) in [5.74, 6) is -1.97. The van der Waals surface area contributed by atoms with Crippen molar-refractivity contribution in [3.05, 3.63) is 65.9 Å². The number of carbonyl (C=O) groups excluding carboxylic acids is 1. The van der Waals surface area contributed by atoms with Gasteiger partial charge in [-0.1, -0.05) is 42.5 Å². The van der Waals surface area contributed by atoms with Crippen molar-refractivity contribution in [1.82, 2.24) is 10.2 Å². The average Bonchev–Trinajstić information content (AvgIpc) is 3.60. The number of nitrogens with zero attached hydrogens (tertiary/aromatic N) is 1. The van der Waals surface area contributed by atoms with E-state index in [1.807, 2.05) is 35.2 Å². The van der Waals surface area contributed by atoms with Crippen LogP contribution in [0.4, 0.5) is 8.78 Å². The second-order valence-electron chi connectivity index (χ2n) is 12.2. The second-order valence-corrected chi connectivity index (χ2v) is 12.2. The minimum absolute atomic E-state index is 0.0417. The molecule has 3 aliphatic heterocycles. The Hall–Kier alpha value is -2.93. The molecule has 7 rings (SSSR count). The summed E-state index contributed by atoms with van der Waals surface area (Å²) in [7, 11) is 0. The van der Waals surface area contributed by atoms with Crippen molar-refractivity contribution in [2.45, 2.75) is 68.2 Å². The maximum atomic E-state index is 14.7. The predicted octanol–water partition coefficient (Wildman–Crippen LogP) is 6.27. The third kappa shape index (κ3) is 4.24. The summed E-state index contributed by atoms with van der Waals surface area (Å²) in [5, 5.41) is 4.51. The molecule has 39 heavy (non-hydrogen) atoms. The first-order valence-electron chi connectivity index (χ1n) is 14.5. The monoisotopic (exact) mass is 534 g/mol. The second kappa shape index (κ2) is 9.61. The van der Waals surface area contributed by atoms with Crippen LogP contribution >= 0.6 is 0 Å². The minimum Gasteiger partial charge on any atom is -0.489 e. The number of rotatable bonds is 3. The van der Waals surface area contributed by atoms with Gasteiger partial charge in [0.15, 0.2) is 11.3 Å². The van der Waals surface area contributed by atoms with E-state index < -0.39 is 11.3 Å². The highest BCUT2D eigenvalue weighted by Crippen LogP contribution is 2.50. The van der Waals surface area contributed by atoms with Gasteiger partial charge in [0.25, 0.3) is 0 Å². The van der Waals surface area contributed by atoms with E-state index in [0.717, 1.165) is 48.0 Å². The number of hydrogen-bond acceptors (Lipinski definition) is 4. The van der Waals surface area contributed by atoms with Crippen molar-refractivity contribution in [3.8, 4) is 5.75 Å². The van der Waals surface area contributed by atoms with E-state index in [-0.39, 0.29) is 42.5 Å². The molecule has 5 atom stereocenters. The lowest BCUT2D eigenvalue weighted by Gasteiger charge is -2.48. The van der Waals surface area contributed by atoms with Crippen molar-refractivity contribution < 1.29 is 22.7 Å². The van der Waals surface area contributed by atoms with Crippen molar-refractivity contribution >= 4 is 16.9 Å². The van der Waals surface area contributed by atoms with Crippen LogP contribution in [0.2, 0.25) is 0 Å². The number of carbonyl (C=O) groups is 1. The molecule has 4 aliphatic rings. The molecule has 3 aromatic rings. The lowest BCUT2D eigenvalue weighted by atomic mass is 9.67. The number of alkyl halides is 2. The predicted molar refractivity (Wildman–Crippen MR) is 145 cm³/mol. The Morgan fingerprint density at radius 2 is 1.92 bits per heavy atom. The van der Waals surface area contributed by atoms with Gasteiger partial charge in [0.2, 0.25) is 11.8 Å². The molecule has 1 aliphatic carbocycles. The van der Waals surface area contributed by atoms with Crippen LogP contribution in [0.5, 0.6) is 5.75 Å². The minimum atomic E-state index is -2.65. The van der Waals surface area contributed by atoms with E-state index >= 15 is 0 Å². The third-order valence-corrected chi connectivity index (χ3v) is 10.1. The Balaban J connectivity index is 1.23. The number of ether oxygens (including phenoxy) is 1. The Kier molecular flexibility index (Phi) is 6.18. The van der Waals surface area contributed by atoms with Crippen LogP contribution in [0.1, 0.15) is 62.0 Å². The quantitative estimate of drug-likeness (QED) is 0.430. The summed E-state index contributed by atoms with van der Waals surface area (Å²) >= 11 is 0. The zero-order valence-electron chi connectivity index (χ0n) is 22.2. The van der Waals surface area contributed by atoms with Crippen LogP contribution in [0.3, 0.4) is 0 Å². The van der Waals surface area contributed by atoms with E-state index in [1.165, 1.54) is 5.56 Å². The highest BCUT2D eigenvalue weighted by Gasteiger charge is 2.54. The molecular formula is C32H36F2N2O3. The SMILES string of the molecule is O=C([C@@H]1CNC[C@]12CCOc1c2ccc2ccoc12)N1CC[C@@H](c2ccccc2)C[C@H]1C1CCCC(F)(F)C1. The van der Waals surface area contributed by atoms with Crippen LogP contribution in [0.15, 0.2) is 59.2 Å². The zero-order chi connectivity index (χ0) is 26.6. The number of benzene rings is 2. The molecule has 1 aromatic heterocycles. The normalized spacial score (nSPS) is 32.2. The maximum absolute atomic E-state index is 14.7. The van der Waals surface area contributed by atoms with Crippen molar-refractivity contribution in [2.75, 3.05) is 26.2 Å². The number of amides is 1. The molecule has 1 saturated carbocycles. The van der Waals surface area contributed by atoms with Gasteiger partial charge in [0.1, 0.15) is 0 Å². The molecule has 1 spiro atoms. The summed E-state index contributed by atoms with van der Waals surface area (Å²) in [6, 6.07) is 16.3. The Bertz CT molecular complexity index is 1360. The molecule has 1 unspecified atom stereocenters. The van der Waals surface area contributed by atoms with Crippen molar-refractivity contribution in [2.24, 2.45) is 11.8 Å². The number of piperidine rings is 1. The van der Waals surface area contributed by atoms with E-state index in [1.54, 1.807) is 6.26 Å². The van der Waals surface area contributed by atoms with Crippen molar-refractivity contribution in [1.29, 1.82) is 0 Å². The molecular weight excluding hydrogens is 498 g/mol. The Labute approximate surface area is 227 Å². The molecule has 5 nitrogen and oxygen atoms in total. The number of hydrogen-bond donors (Lipinski definition) is 1. The molecule has 3 fully saturated rings. The summed E-state index contributed by atoms with van der Waals surface area (Å²) in [5.41, 5.74) is 2.61. The molecule has 0 bridgehead atoms. The van der Waals surface area contributed by atoms with Gasteiger partial charge in [-0.2, -0.15) is 0 Å². The fourth-order valence-electron chi connectivity index (χ4n) is 8.12. The smallest absolute Gasteiger partial charge is 0.248 e. The van der Waals surface area contributed by atoms with Crippen molar-refractivity contribution in [3.63, 3.8) is 0 Å². The topological polar surface area (TPSA) is 54.7 Å². The maximum Gasteiger partial charge on any atom is 0.248 e. The molecule has 1 N–H and O–H groups in total. The van der Waals surface area contributed by atoms with E-state index in [2.05, 4.69) is 23.5 Å². The van der Waals surface area contributed by atoms with Crippen LogP contribution in [0.25, 0.3) is 11.0 Å². The van der Waals surface area contributed by atoms with E-state index in [9.17, 15) is 13.6 Å². The summed E-state index contributed by atoms with van der Waals surface area (Å²) < 4.78 is 41.3. The number of fused-ring (bicyclic) bond motifs is 4. The van der Waals surface area contributed by atoms with Gasteiger partial charge >= 0.3 is 0 Å². The van der Waals surface area contributed by atoms with Gasteiger partial charge in [-0.3, -0.25) is 4.79 Å². The first kappa shape index (κ1) is 25.1. The molecule has 206 valence electrons. The van der Waals surface area contributed by atoms with Gasteiger partial charge < -0.3 is 19.4 Å². The molecule has 2 saturated heterocycles. The standard InChI is InChI=1S/C32H36F2N2O3/c33-32(34)12-4-7-24(18-32)27-17-23(21-5-2-1-3-6-21)10-14-36(27)30(37)26-19-35-20-31(26)13-16-39-29-25(31)9-8-22-11-15-38-28(22)29/h1-3,5-6,8-9,11,15,23-24,26-27,35H,4,7,10,12-14,16-20H2/t23-,24?,26+,27+,31+/m1/s1. The fourth-order valence-corrected chi connectivity index (χ4v) is 8.12. The molecule has 4 heterocycles. The molecule has 1 amide bonds. The third-order valence-electron chi connectivity index (χ3n) is 10.1. The first-order valence-corrected chi connectivity index (χ1v) is 14.5. The van der Waals surface area contributed by atoms with E-state index in [4.69, 9.17) is 9.15 Å². The molecule has 7 heteroatoms. The highest BCUT2D eigenvalue weighted by atomic mass is 19.3. The summed E-state index contributed by atoms with van der Waals surface area (Å²) in [6.45, 7) is 2.41. The zero-order valence-corrected chi connectivity index (χ0v) is 22.2. The Morgan fingerprint density at radius 1 is 1.05 bits per heavy atom. The molecule has 2 aromatic carbocycles. The summed E-state index contributed by atoms with van der Waals surface area (Å²) in [6.07, 6.45) is 5.13. The first-order chi connectivity index (χ1) is 19.0. The number of furan rings is 1. The van der Waals surface area contributed by atoms with Crippen LogP contribution in [0, 0.1) is 11.8 Å². The van der Waals surface area contributed by atoms with Gasteiger partial charge in [0.05, 0.1) is 18.8 Å². The lowest BCUT2D eigenvalue weighted by molar-refractivity contribution is -0.145. The number of halogens is 2. The Morgan fingerprint density at radius 3 is 2.77 bits per heavy atom. The van der Waals surface area contributed by atoms with Crippen LogP contribution in [-0.2, 0) is 10.2 Å². The lowest BCUT2D eigenvalue weighted by Crippen LogP contribution is -2.56. The highest BCUT2D eigenvalue weighted by molar-refractivity contribution is 5.87. The number of likely N-dealkylation sites (tertiary alicyclic amines) is 1. The van der Waals surface area contributed by atoms with Crippen LogP contribution < -0.4 is 10.1 Å². The number of nitrogens with one attached hydrogen (secondary N) is 1. The summed E-state index contributed by atoms with van der Waals surface area (Å²) in [4.78, 5) is 16.6. The van der Waals surface area contributed by atoms with E-state index in [0.29, 0.717) is 32.7 Å². The average molecular weight is 535 g/mol. The van der Waals surface area contributed by atoms with Gasteiger partial charge in [-0.15, -0.1) is 0 Å². The largest absolute Gasteiger partial charge is 0.489 e. The molecule has 0 radical (unpaired) electrons.